The number of carbonyl (C=O) groups excluding carboxylic acids is 1. The number of anilines is 1. The Kier molecular flexibility index (Phi) is 4.96. The van der Waals surface area contributed by atoms with Gasteiger partial charge in [-0.3, -0.25) is 14.3 Å². The van der Waals surface area contributed by atoms with Crippen molar-refractivity contribution in [2.45, 2.75) is 36.1 Å². The number of nitrogens with zero attached hydrogens (tertiary/aromatic N) is 4. The van der Waals surface area contributed by atoms with Crippen LogP contribution < -0.4 is 5.32 Å². The Balaban J connectivity index is 1.39. The van der Waals surface area contributed by atoms with Crippen LogP contribution in [0.25, 0.3) is 16.6 Å². The van der Waals surface area contributed by atoms with Gasteiger partial charge >= 0.3 is 0 Å². The maximum Gasteiger partial charge on any atom is 0.237 e. The van der Waals surface area contributed by atoms with E-state index in [9.17, 15) is 4.79 Å². The lowest BCUT2D eigenvalue weighted by molar-refractivity contribution is -0.115. The molecule has 30 heavy (non-hydrogen) atoms. The van der Waals surface area contributed by atoms with E-state index >= 15 is 0 Å². The van der Waals surface area contributed by atoms with Gasteiger partial charge in [-0.05, 0) is 56.2 Å². The standard InChI is InChI=1S/C23H21N5OS/c1-15(22(29)25-20-11-5-10-19-18(20)9-6-14-24-19)30-23-27-26-21(16-12-13-16)28(23)17-7-3-2-4-8-17/h2-11,14-16H,12-13H2,1H3,(H,25,29). The van der Waals surface area contributed by atoms with Crippen molar-refractivity contribution in [3.8, 4) is 5.69 Å². The fourth-order valence-corrected chi connectivity index (χ4v) is 4.32. The van der Waals surface area contributed by atoms with Crippen LogP contribution in [0.4, 0.5) is 5.69 Å². The van der Waals surface area contributed by atoms with Gasteiger partial charge in [0.25, 0.3) is 0 Å². The van der Waals surface area contributed by atoms with Gasteiger partial charge < -0.3 is 5.32 Å². The Hall–Kier alpha value is -3.19. The molecule has 0 radical (unpaired) electrons. The molecule has 1 unspecified atom stereocenters. The third kappa shape index (κ3) is 3.68. The first-order valence-electron chi connectivity index (χ1n) is 10.0. The van der Waals surface area contributed by atoms with Crippen molar-refractivity contribution in [1.82, 2.24) is 19.7 Å². The van der Waals surface area contributed by atoms with Crippen molar-refractivity contribution >= 4 is 34.3 Å². The Labute approximate surface area is 178 Å². The van der Waals surface area contributed by atoms with E-state index in [0.717, 1.165) is 46.1 Å². The third-order valence-corrected chi connectivity index (χ3v) is 6.21. The molecule has 0 spiro atoms. The average molecular weight is 416 g/mol. The molecule has 2 aromatic carbocycles. The van der Waals surface area contributed by atoms with Crippen LogP contribution in [0.5, 0.6) is 0 Å². The van der Waals surface area contributed by atoms with E-state index in [-0.39, 0.29) is 11.2 Å². The van der Waals surface area contributed by atoms with Crippen LogP contribution in [-0.4, -0.2) is 30.9 Å². The number of benzene rings is 2. The molecule has 1 aliphatic carbocycles. The van der Waals surface area contributed by atoms with E-state index in [1.54, 1.807) is 6.20 Å². The average Bonchev–Trinajstić information content (AvgIpc) is 3.55. The summed E-state index contributed by atoms with van der Waals surface area (Å²) in [5.74, 6) is 1.36. The van der Waals surface area contributed by atoms with Gasteiger partial charge in [-0.15, -0.1) is 10.2 Å². The Morgan fingerprint density at radius 1 is 1.07 bits per heavy atom. The predicted octanol–water partition coefficient (Wildman–Crippen LogP) is 4.81. The van der Waals surface area contributed by atoms with Crippen molar-refractivity contribution in [2.24, 2.45) is 0 Å². The predicted molar refractivity (Wildman–Crippen MR) is 119 cm³/mol. The number of aromatic nitrogens is 4. The number of thioether (sulfide) groups is 1. The lowest BCUT2D eigenvalue weighted by Gasteiger charge is -2.14. The fourth-order valence-electron chi connectivity index (χ4n) is 3.44. The number of amides is 1. The smallest absolute Gasteiger partial charge is 0.237 e. The number of fused-ring (bicyclic) bond motifs is 1. The van der Waals surface area contributed by atoms with E-state index in [0.29, 0.717) is 5.92 Å². The molecule has 1 atom stereocenters. The summed E-state index contributed by atoms with van der Waals surface area (Å²) in [6.45, 7) is 1.89. The molecule has 1 saturated carbocycles. The second kappa shape index (κ2) is 7.91. The third-order valence-electron chi connectivity index (χ3n) is 5.17. The zero-order valence-corrected chi connectivity index (χ0v) is 17.3. The lowest BCUT2D eigenvalue weighted by atomic mass is 10.2. The fraction of sp³-hybridized carbons (Fsp3) is 0.217. The minimum absolute atomic E-state index is 0.0769. The van der Waals surface area contributed by atoms with Gasteiger partial charge in [0.15, 0.2) is 5.16 Å². The zero-order valence-electron chi connectivity index (χ0n) is 16.5. The Bertz CT molecular complexity index is 1200. The highest BCUT2D eigenvalue weighted by molar-refractivity contribution is 8.00. The van der Waals surface area contributed by atoms with Crippen LogP contribution in [0.1, 0.15) is 31.5 Å². The lowest BCUT2D eigenvalue weighted by Crippen LogP contribution is -2.23. The van der Waals surface area contributed by atoms with Crippen LogP contribution in [0.15, 0.2) is 72.0 Å². The first-order chi connectivity index (χ1) is 14.7. The van der Waals surface area contributed by atoms with Gasteiger partial charge in [0.05, 0.1) is 16.5 Å². The van der Waals surface area contributed by atoms with Crippen LogP contribution in [0.3, 0.4) is 0 Å². The van der Waals surface area contributed by atoms with E-state index in [1.807, 2.05) is 67.6 Å². The highest BCUT2D eigenvalue weighted by Gasteiger charge is 2.31. The van der Waals surface area contributed by atoms with Crippen molar-refractivity contribution in [2.75, 3.05) is 5.32 Å². The summed E-state index contributed by atoms with van der Waals surface area (Å²) in [6.07, 6.45) is 4.03. The summed E-state index contributed by atoms with van der Waals surface area (Å²) in [5, 5.41) is 13.2. The van der Waals surface area contributed by atoms with Crippen LogP contribution in [-0.2, 0) is 4.79 Å². The number of hydrogen-bond acceptors (Lipinski definition) is 5. The highest BCUT2D eigenvalue weighted by Crippen LogP contribution is 2.41. The minimum Gasteiger partial charge on any atom is -0.324 e. The number of nitrogens with one attached hydrogen (secondary N) is 1. The summed E-state index contributed by atoms with van der Waals surface area (Å²) >= 11 is 1.43. The van der Waals surface area contributed by atoms with Crippen molar-refractivity contribution in [1.29, 1.82) is 0 Å². The van der Waals surface area contributed by atoms with E-state index < -0.39 is 0 Å². The molecule has 1 aliphatic rings. The van der Waals surface area contributed by atoms with Crippen LogP contribution in [0.2, 0.25) is 0 Å². The summed E-state index contributed by atoms with van der Waals surface area (Å²) in [4.78, 5) is 17.3. The van der Waals surface area contributed by atoms with E-state index in [4.69, 9.17) is 0 Å². The Morgan fingerprint density at radius 2 is 1.90 bits per heavy atom. The molecule has 6 nitrogen and oxygen atoms in total. The maximum absolute atomic E-state index is 13.0. The molecular weight excluding hydrogens is 394 g/mol. The zero-order chi connectivity index (χ0) is 20.5. The van der Waals surface area contributed by atoms with Gasteiger partial charge in [-0.2, -0.15) is 0 Å². The largest absolute Gasteiger partial charge is 0.324 e. The molecule has 4 aromatic rings. The monoisotopic (exact) mass is 415 g/mol. The topological polar surface area (TPSA) is 72.7 Å². The van der Waals surface area contributed by atoms with Crippen molar-refractivity contribution in [3.63, 3.8) is 0 Å². The van der Waals surface area contributed by atoms with Crippen molar-refractivity contribution < 1.29 is 4.79 Å². The molecule has 2 aromatic heterocycles. The molecule has 5 rings (SSSR count). The first-order valence-corrected chi connectivity index (χ1v) is 10.9. The number of pyridine rings is 1. The molecule has 1 N–H and O–H groups in total. The van der Waals surface area contributed by atoms with Crippen LogP contribution >= 0.6 is 11.8 Å². The second-order valence-electron chi connectivity index (χ2n) is 7.41. The number of rotatable bonds is 6. The highest BCUT2D eigenvalue weighted by atomic mass is 32.2. The summed E-state index contributed by atoms with van der Waals surface area (Å²) < 4.78 is 2.09. The number of carbonyl (C=O) groups is 1. The summed E-state index contributed by atoms with van der Waals surface area (Å²) in [5.41, 5.74) is 2.65. The molecule has 1 fully saturated rings. The molecule has 7 heteroatoms. The van der Waals surface area contributed by atoms with E-state index in [1.165, 1.54) is 11.8 Å². The second-order valence-corrected chi connectivity index (χ2v) is 8.72. The Morgan fingerprint density at radius 3 is 2.70 bits per heavy atom. The summed E-state index contributed by atoms with van der Waals surface area (Å²) in [7, 11) is 0. The number of para-hydroxylation sites is 1. The van der Waals surface area contributed by atoms with Gasteiger partial charge in [0.2, 0.25) is 5.91 Å². The molecule has 0 saturated heterocycles. The van der Waals surface area contributed by atoms with Crippen LogP contribution in [0, 0.1) is 0 Å². The molecule has 1 amide bonds. The van der Waals surface area contributed by atoms with E-state index in [2.05, 4.69) is 25.1 Å². The van der Waals surface area contributed by atoms with Crippen molar-refractivity contribution in [3.05, 3.63) is 72.7 Å². The molecular formula is C23H21N5OS. The SMILES string of the molecule is CC(Sc1nnc(C2CC2)n1-c1ccccc1)C(=O)Nc1cccc2ncccc12. The van der Waals surface area contributed by atoms with Gasteiger partial charge in [0.1, 0.15) is 5.82 Å². The quantitative estimate of drug-likeness (QED) is 0.458. The molecule has 150 valence electrons. The molecule has 0 bridgehead atoms. The maximum atomic E-state index is 13.0. The molecule has 2 heterocycles. The first kappa shape index (κ1) is 18.8. The van der Waals surface area contributed by atoms with Gasteiger partial charge in [-0.1, -0.05) is 36.0 Å². The van der Waals surface area contributed by atoms with Gasteiger partial charge in [-0.25, -0.2) is 0 Å². The normalized spacial score (nSPS) is 14.6. The minimum atomic E-state index is -0.337. The summed E-state index contributed by atoms with van der Waals surface area (Å²) in [6, 6.07) is 19.7. The molecule has 0 aliphatic heterocycles. The van der Waals surface area contributed by atoms with Gasteiger partial charge in [0, 0.05) is 23.2 Å². The number of hydrogen-bond donors (Lipinski definition) is 1.